The summed E-state index contributed by atoms with van der Waals surface area (Å²) in [7, 11) is 0. The van der Waals surface area contributed by atoms with Crippen LogP contribution in [0.3, 0.4) is 0 Å². The number of rotatable bonds is 4. The molecule has 0 unspecified atom stereocenters. The summed E-state index contributed by atoms with van der Waals surface area (Å²) in [4.78, 5) is 24.6. The molecule has 1 amide bonds. The number of alkyl halides is 3. The van der Waals surface area contributed by atoms with E-state index in [1.54, 1.807) is 0 Å². The summed E-state index contributed by atoms with van der Waals surface area (Å²) in [5, 5.41) is 2.31. The summed E-state index contributed by atoms with van der Waals surface area (Å²) in [6.45, 7) is 1.20. The molecule has 33 heavy (non-hydrogen) atoms. The van der Waals surface area contributed by atoms with Crippen molar-refractivity contribution in [2.24, 2.45) is 16.6 Å². The molecule has 1 aromatic heterocycles. The van der Waals surface area contributed by atoms with Crippen LogP contribution in [0.2, 0.25) is 0 Å². The van der Waals surface area contributed by atoms with E-state index < -0.39 is 53.4 Å². The molecule has 2 aliphatic rings. The van der Waals surface area contributed by atoms with Crippen molar-refractivity contribution in [1.82, 2.24) is 9.97 Å². The maximum Gasteiger partial charge on any atom is 0.415 e. The van der Waals surface area contributed by atoms with Crippen LogP contribution in [0, 0.1) is 17.6 Å². The number of aliphatic imine (C=N–C) groups is 1. The van der Waals surface area contributed by atoms with Crippen LogP contribution in [-0.2, 0) is 16.7 Å². The Kier molecular flexibility index (Phi) is 6.03. The van der Waals surface area contributed by atoms with Gasteiger partial charge in [-0.1, -0.05) is 18.7 Å². The zero-order valence-electron chi connectivity index (χ0n) is 17.1. The molecule has 0 spiro atoms. The molecule has 4 rings (SSSR count). The number of hydrogen-bond donors (Lipinski definition) is 2. The Morgan fingerprint density at radius 2 is 2.06 bits per heavy atom. The van der Waals surface area contributed by atoms with Gasteiger partial charge in [0, 0.05) is 35.2 Å². The third kappa shape index (κ3) is 4.26. The number of carbonyl (C=O) groups excluding carboxylic acids is 1. The summed E-state index contributed by atoms with van der Waals surface area (Å²) < 4.78 is 75.0. The number of amides is 1. The monoisotopic (exact) mass is 487 g/mol. The molecule has 0 aliphatic carbocycles. The average Bonchev–Trinajstić information content (AvgIpc) is 3.16. The third-order valence-corrected chi connectivity index (χ3v) is 6.47. The largest absolute Gasteiger partial charge is 0.415 e. The predicted molar refractivity (Wildman–Crippen MR) is 111 cm³/mol. The molecule has 7 nitrogen and oxygen atoms in total. The second kappa shape index (κ2) is 8.52. The van der Waals surface area contributed by atoms with Crippen LogP contribution in [0.15, 0.2) is 29.5 Å². The summed E-state index contributed by atoms with van der Waals surface area (Å²) in [5.74, 6) is -5.02. The Morgan fingerprint density at radius 3 is 2.70 bits per heavy atom. The van der Waals surface area contributed by atoms with Crippen molar-refractivity contribution in [3.05, 3.63) is 53.1 Å². The van der Waals surface area contributed by atoms with Crippen molar-refractivity contribution in [2.45, 2.75) is 31.2 Å². The molecule has 0 saturated carbocycles. The normalized spacial score (nSPS) is 24.8. The van der Waals surface area contributed by atoms with Gasteiger partial charge >= 0.3 is 6.18 Å². The zero-order chi connectivity index (χ0) is 24.0. The van der Waals surface area contributed by atoms with E-state index in [0.29, 0.717) is 12.1 Å². The van der Waals surface area contributed by atoms with E-state index in [2.05, 4.69) is 20.3 Å². The highest BCUT2D eigenvalue weighted by Crippen LogP contribution is 2.52. The van der Waals surface area contributed by atoms with Gasteiger partial charge in [0.2, 0.25) is 0 Å². The number of halogens is 5. The first-order valence-electron chi connectivity index (χ1n) is 9.83. The summed E-state index contributed by atoms with van der Waals surface area (Å²) in [5.41, 5.74) is 3.75. The summed E-state index contributed by atoms with van der Waals surface area (Å²) in [6, 6.07) is 1.77. The number of nitrogens with zero attached hydrogens (tertiary/aromatic N) is 3. The number of nitrogens with one attached hydrogen (secondary N) is 1. The molecule has 3 heterocycles. The van der Waals surface area contributed by atoms with Gasteiger partial charge in [-0.3, -0.25) is 9.78 Å². The van der Waals surface area contributed by atoms with Gasteiger partial charge in [0.1, 0.15) is 11.2 Å². The van der Waals surface area contributed by atoms with Gasteiger partial charge in [-0.05, 0) is 12.5 Å². The van der Waals surface area contributed by atoms with Crippen LogP contribution in [0.1, 0.15) is 28.7 Å². The maximum absolute atomic E-state index is 14.9. The Labute approximate surface area is 189 Å². The van der Waals surface area contributed by atoms with Crippen LogP contribution >= 0.6 is 11.8 Å². The lowest BCUT2D eigenvalue weighted by molar-refractivity contribution is -0.215. The lowest BCUT2D eigenvalue weighted by atomic mass is 9.78. The predicted octanol–water partition coefficient (Wildman–Crippen LogP) is 3.40. The zero-order valence-corrected chi connectivity index (χ0v) is 17.9. The van der Waals surface area contributed by atoms with Crippen molar-refractivity contribution in [2.75, 3.05) is 17.7 Å². The molecule has 1 saturated heterocycles. The van der Waals surface area contributed by atoms with Gasteiger partial charge in [-0.2, -0.15) is 13.2 Å². The first-order valence-corrected chi connectivity index (χ1v) is 10.8. The van der Waals surface area contributed by atoms with E-state index in [0.717, 1.165) is 23.9 Å². The smallest absolute Gasteiger partial charge is 0.379 e. The Morgan fingerprint density at radius 1 is 1.30 bits per heavy atom. The highest BCUT2D eigenvalue weighted by atomic mass is 32.2. The minimum Gasteiger partial charge on any atom is -0.379 e. The molecule has 1 aromatic carbocycles. The Hall–Kier alpha value is -2.80. The Bertz CT molecular complexity index is 1110. The number of carbonyl (C=O) groups is 1. The molecule has 176 valence electrons. The molecule has 2 aromatic rings. The average molecular weight is 487 g/mol. The number of aryl methyl sites for hydroxylation is 1. The molecule has 2 aliphatic heterocycles. The number of anilines is 1. The standard InChI is InChI=1S/C20H18F5N5O2S/c1-2-9-5-28-14(6-27-9)17(31)29-10-3-11(15(22)13(21)4-10)19-8-32-16(20(23,24)25)12(19)7-33-18(26)30-19/h3-6,12,16H,2,7-8H2,1H3,(H2,26,30)(H,29,31)/t12-,16+,19-/m1/s1. The fourth-order valence-corrected chi connectivity index (χ4v) is 4.95. The number of benzene rings is 1. The molecule has 3 N–H and O–H groups in total. The molecular formula is C20H18F5N5O2S. The van der Waals surface area contributed by atoms with Crippen molar-refractivity contribution < 1.29 is 31.5 Å². The summed E-state index contributed by atoms with van der Waals surface area (Å²) >= 11 is 0.879. The molecule has 1 fully saturated rings. The fourth-order valence-electron chi connectivity index (χ4n) is 3.92. The first-order chi connectivity index (χ1) is 15.5. The molecular weight excluding hydrogens is 469 g/mol. The van der Waals surface area contributed by atoms with Crippen LogP contribution in [0.25, 0.3) is 0 Å². The van der Waals surface area contributed by atoms with Crippen molar-refractivity contribution in [3.63, 3.8) is 0 Å². The number of hydrogen-bond acceptors (Lipinski definition) is 7. The minimum absolute atomic E-state index is 0.0711. The van der Waals surface area contributed by atoms with E-state index in [9.17, 15) is 26.7 Å². The van der Waals surface area contributed by atoms with Gasteiger partial charge in [-0.25, -0.2) is 18.8 Å². The number of aromatic nitrogens is 2. The van der Waals surface area contributed by atoms with Gasteiger partial charge in [0.05, 0.1) is 18.5 Å². The van der Waals surface area contributed by atoms with Crippen LogP contribution < -0.4 is 11.1 Å². The van der Waals surface area contributed by atoms with Crippen molar-refractivity contribution in [3.8, 4) is 0 Å². The van der Waals surface area contributed by atoms with E-state index in [1.165, 1.54) is 12.4 Å². The van der Waals surface area contributed by atoms with E-state index >= 15 is 0 Å². The van der Waals surface area contributed by atoms with E-state index in [4.69, 9.17) is 10.5 Å². The molecule has 13 heteroatoms. The second-order valence-electron chi connectivity index (χ2n) is 7.59. The maximum atomic E-state index is 14.9. The molecule has 0 radical (unpaired) electrons. The topological polar surface area (TPSA) is 102 Å². The molecule has 0 bridgehead atoms. The SMILES string of the molecule is CCc1cnc(C(=O)Nc2cc(F)c(F)c([C@]34CO[C@H](C(F)(F)F)[C@H]3CSC(N)=N4)c2)cn1. The fraction of sp³-hybridized carbons (Fsp3) is 0.400. The number of ether oxygens (including phenoxy) is 1. The number of amidine groups is 1. The van der Waals surface area contributed by atoms with Gasteiger partial charge in [0.15, 0.2) is 22.9 Å². The summed E-state index contributed by atoms with van der Waals surface area (Å²) in [6.07, 6.45) is -3.73. The highest BCUT2D eigenvalue weighted by Gasteiger charge is 2.62. The van der Waals surface area contributed by atoms with Crippen LogP contribution in [0.4, 0.5) is 27.6 Å². The van der Waals surface area contributed by atoms with Crippen LogP contribution in [-0.4, -0.2) is 45.7 Å². The van der Waals surface area contributed by atoms with Crippen molar-refractivity contribution >= 4 is 28.5 Å². The minimum atomic E-state index is -4.74. The molecule has 3 atom stereocenters. The van der Waals surface area contributed by atoms with Gasteiger partial charge in [-0.15, -0.1) is 0 Å². The quantitative estimate of drug-likeness (QED) is 0.641. The second-order valence-corrected chi connectivity index (χ2v) is 8.63. The van der Waals surface area contributed by atoms with Gasteiger partial charge < -0.3 is 15.8 Å². The lowest BCUT2D eigenvalue weighted by Gasteiger charge is -2.36. The van der Waals surface area contributed by atoms with Crippen LogP contribution in [0.5, 0.6) is 0 Å². The van der Waals surface area contributed by atoms with Gasteiger partial charge in [0.25, 0.3) is 5.91 Å². The van der Waals surface area contributed by atoms with E-state index in [-0.39, 0.29) is 22.3 Å². The highest BCUT2D eigenvalue weighted by molar-refractivity contribution is 8.13. The van der Waals surface area contributed by atoms with E-state index in [1.807, 2.05) is 6.92 Å². The number of thioether (sulfide) groups is 1. The first kappa shape index (κ1) is 23.4. The Balaban J connectivity index is 1.73. The third-order valence-electron chi connectivity index (χ3n) is 5.56. The number of nitrogens with two attached hydrogens (primary N) is 1. The lowest BCUT2D eigenvalue weighted by Crippen LogP contribution is -2.46. The number of fused-ring (bicyclic) bond motifs is 1. The van der Waals surface area contributed by atoms with Crippen molar-refractivity contribution in [1.29, 1.82) is 0 Å².